The molecule has 1 aliphatic rings. The maximum Gasteiger partial charge on any atom is 0.178 e. The van der Waals surface area contributed by atoms with Crippen molar-refractivity contribution in [2.45, 2.75) is 32.2 Å². The molecule has 4 rings (SSSR count). The molecule has 0 aromatic carbocycles. The van der Waals surface area contributed by atoms with Crippen molar-refractivity contribution in [1.29, 1.82) is 0 Å². The molecule has 0 saturated heterocycles. The minimum absolute atomic E-state index is 0.551. The largest absolute Gasteiger partial charge is 0.350 e. The van der Waals surface area contributed by atoms with Crippen molar-refractivity contribution in [3.8, 4) is 0 Å². The van der Waals surface area contributed by atoms with Crippen LogP contribution in [0.2, 0.25) is 0 Å². The van der Waals surface area contributed by atoms with Gasteiger partial charge < -0.3 is 4.90 Å². The normalized spacial score (nSPS) is 14.7. The molecule has 3 aromatic heterocycles. The van der Waals surface area contributed by atoms with E-state index in [0.29, 0.717) is 5.92 Å². The summed E-state index contributed by atoms with van der Waals surface area (Å²) in [7, 11) is 0. The summed E-state index contributed by atoms with van der Waals surface area (Å²) in [6.07, 6.45) is 2.42. The lowest BCUT2D eigenvalue weighted by atomic mass is 10.3. The summed E-state index contributed by atoms with van der Waals surface area (Å²) in [5, 5.41) is 15.4. The highest BCUT2D eigenvalue weighted by Gasteiger charge is 2.29. The molecule has 0 unspecified atom stereocenters. The van der Waals surface area contributed by atoms with Gasteiger partial charge in [0.15, 0.2) is 11.5 Å². The van der Waals surface area contributed by atoms with Gasteiger partial charge in [0.2, 0.25) is 0 Å². The van der Waals surface area contributed by atoms with Crippen LogP contribution in [0.3, 0.4) is 0 Å². The van der Waals surface area contributed by atoms with Gasteiger partial charge in [0.1, 0.15) is 5.82 Å². The lowest BCUT2D eigenvalue weighted by Crippen LogP contribution is -2.23. The highest BCUT2D eigenvalue weighted by atomic mass is 32.1. The zero-order valence-corrected chi connectivity index (χ0v) is 12.8. The van der Waals surface area contributed by atoms with Crippen LogP contribution >= 0.6 is 11.3 Å². The van der Waals surface area contributed by atoms with Gasteiger partial charge in [0, 0.05) is 17.3 Å². The highest BCUT2D eigenvalue weighted by Crippen LogP contribution is 2.38. The minimum Gasteiger partial charge on any atom is -0.350 e. The quantitative estimate of drug-likeness (QED) is 0.726. The third-order valence-corrected chi connectivity index (χ3v) is 4.71. The van der Waals surface area contributed by atoms with Gasteiger partial charge in [-0.05, 0) is 43.3 Å². The standard InChI is InChI=1S/C15H17N5S/c1-2-19(10-12-4-3-9-21-12)14-8-7-13-16-17-15(11-5-6-11)20(13)18-14/h3-4,7-9,11H,2,5-6,10H2,1H3. The Morgan fingerprint density at radius 2 is 2.19 bits per heavy atom. The second kappa shape index (κ2) is 5.11. The zero-order chi connectivity index (χ0) is 14.2. The van der Waals surface area contributed by atoms with Crippen molar-refractivity contribution in [3.63, 3.8) is 0 Å². The van der Waals surface area contributed by atoms with E-state index in [9.17, 15) is 0 Å². The Bertz CT molecular complexity index is 745. The first-order valence-electron chi connectivity index (χ1n) is 7.35. The maximum atomic E-state index is 4.77. The average molecular weight is 299 g/mol. The molecule has 0 aliphatic heterocycles. The van der Waals surface area contributed by atoms with E-state index in [1.54, 1.807) is 11.3 Å². The van der Waals surface area contributed by atoms with Crippen LogP contribution in [0, 0.1) is 0 Å². The minimum atomic E-state index is 0.551. The van der Waals surface area contributed by atoms with E-state index < -0.39 is 0 Å². The zero-order valence-electron chi connectivity index (χ0n) is 11.9. The molecule has 21 heavy (non-hydrogen) atoms. The highest BCUT2D eigenvalue weighted by molar-refractivity contribution is 7.09. The molecule has 6 heteroatoms. The molecule has 5 nitrogen and oxygen atoms in total. The summed E-state index contributed by atoms with van der Waals surface area (Å²) in [5.74, 6) is 2.55. The van der Waals surface area contributed by atoms with Gasteiger partial charge in [0.25, 0.3) is 0 Å². The van der Waals surface area contributed by atoms with Gasteiger partial charge in [0.05, 0.1) is 6.54 Å². The van der Waals surface area contributed by atoms with Gasteiger partial charge in [-0.25, -0.2) is 0 Å². The van der Waals surface area contributed by atoms with E-state index in [4.69, 9.17) is 5.10 Å². The summed E-state index contributed by atoms with van der Waals surface area (Å²) >= 11 is 1.78. The molecule has 1 saturated carbocycles. The molecule has 0 atom stereocenters. The Morgan fingerprint density at radius 3 is 2.90 bits per heavy atom. The number of aromatic nitrogens is 4. The smallest absolute Gasteiger partial charge is 0.178 e. The predicted octanol–water partition coefficient (Wildman–Crippen LogP) is 3.09. The molecule has 1 aliphatic carbocycles. The van der Waals surface area contributed by atoms with Crippen LogP contribution in [0.5, 0.6) is 0 Å². The number of anilines is 1. The van der Waals surface area contributed by atoms with Gasteiger partial charge in [-0.3, -0.25) is 0 Å². The van der Waals surface area contributed by atoms with Crippen LogP contribution in [0.4, 0.5) is 5.82 Å². The molecular formula is C15H17N5S. The molecule has 108 valence electrons. The SMILES string of the molecule is CCN(Cc1cccs1)c1ccc2nnc(C3CC3)n2n1. The number of thiophene rings is 1. The van der Waals surface area contributed by atoms with Crippen LogP contribution < -0.4 is 4.90 Å². The number of fused-ring (bicyclic) bond motifs is 1. The molecule has 0 N–H and O–H groups in total. The van der Waals surface area contributed by atoms with Gasteiger partial charge in [-0.2, -0.15) is 4.52 Å². The third kappa shape index (κ3) is 2.40. The Labute approximate surface area is 127 Å². The first-order chi connectivity index (χ1) is 10.3. The summed E-state index contributed by atoms with van der Waals surface area (Å²) < 4.78 is 1.92. The monoisotopic (exact) mass is 299 g/mol. The second-order valence-corrected chi connectivity index (χ2v) is 6.42. The fourth-order valence-electron chi connectivity index (χ4n) is 2.51. The van der Waals surface area contributed by atoms with Gasteiger partial charge in [-0.1, -0.05) is 6.07 Å². The van der Waals surface area contributed by atoms with E-state index in [-0.39, 0.29) is 0 Å². The van der Waals surface area contributed by atoms with Crippen molar-refractivity contribution in [1.82, 2.24) is 19.8 Å². The molecule has 0 spiro atoms. The van der Waals surface area contributed by atoms with Crippen molar-refractivity contribution < 1.29 is 0 Å². The Balaban J connectivity index is 1.69. The molecule has 0 bridgehead atoms. The second-order valence-electron chi connectivity index (χ2n) is 5.39. The van der Waals surface area contributed by atoms with Gasteiger partial charge in [-0.15, -0.1) is 26.6 Å². The van der Waals surface area contributed by atoms with E-state index in [2.05, 4.69) is 39.5 Å². The Hall–Kier alpha value is -1.95. The number of hydrogen-bond acceptors (Lipinski definition) is 5. The van der Waals surface area contributed by atoms with E-state index in [1.165, 1.54) is 17.7 Å². The maximum absolute atomic E-state index is 4.77. The van der Waals surface area contributed by atoms with Crippen molar-refractivity contribution in [2.24, 2.45) is 0 Å². The lowest BCUT2D eigenvalue weighted by molar-refractivity contribution is 0.763. The molecule has 0 radical (unpaired) electrons. The molecule has 1 fully saturated rings. The topological polar surface area (TPSA) is 46.3 Å². The number of rotatable bonds is 5. The van der Waals surface area contributed by atoms with Crippen LogP contribution in [0.15, 0.2) is 29.6 Å². The molecule has 3 aromatic rings. The third-order valence-electron chi connectivity index (χ3n) is 3.85. The van der Waals surface area contributed by atoms with E-state index in [1.807, 2.05) is 16.6 Å². The van der Waals surface area contributed by atoms with E-state index in [0.717, 1.165) is 30.4 Å². The van der Waals surface area contributed by atoms with Crippen LogP contribution in [-0.2, 0) is 6.54 Å². The number of nitrogens with zero attached hydrogens (tertiary/aromatic N) is 5. The molecular weight excluding hydrogens is 282 g/mol. The summed E-state index contributed by atoms with van der Waals surface area (Å²) in [6, 6.07) is 8.31. The van der Waals surface area contributed by atoms with Crippen LogP contribution in [-0.4, -0.2) is 26.4 Å². The first kappa shape index (κ1) is 12.8. The van der Waals surface area contributed by atoms with E-state index >= 15 is 0 Å². The van der Waals surface area contributed by atoms with Crippen LogP contribution in [0.25, 0.3) is 5.65 Å². The summed E-state index contributed by atoms with van der Waals surface area (Å²) in [4.78, 5) is 3.63. The fraction of sp³-hybridized carbons (Fsp3) is 0.400. The van der Waals surface area contributed by atoms with Crippen molar-refractivity contribution >= 4 is 22.8 Å². The van der Waals surface area contributed by atoms with Gasteiger partial charge >= 0.3 is 0 Å². The predicted molar refractivity (Wildman–Crippen MR) is 83.8 cm³/mol. The number of hydrogen-bond donors (Lipinski definition) is 0. The molecule has 3 heterocycles. The average Bonchev–Trinajstić information content (AvgIpc) is 3.07. The Kier molecular flexibility index (Phi) is 3.11. The Morgan fingerprint density at radius 1 is 1.29 bits per heavy atom. The fourth-order valence-corrected chi connectivity index (χ4v) is 3.23. The first-order valence-corrected chi connectivity index (χ1v) is 8.23. The molecule has 0 amide bonds. The lowest BCUT2D eigenvalue weighted by Gasteiger charge is -2.21. The van der Waals surface area contributed by atoms with Crippen LogP contribution in [0.1, 0.15) is 36.4 Å². The van der Waals surface area contributed by atoms with Crippen molar-refractivity contribution in [3.05, 3.63) is 40.3 Å². The summed E-state index contributed by atoms with van der Waals surface area (Å²) in [6.45, 7) is 3.98. The summed E-state index contributed by atoms with van der Waals surface area (Å²) in [5.41, 5.74) is 0.841. The van der Waals surface area contributed by atoms with Crippen molar-refractivity contribution in [2.75, 3.05) is 11.4 Å².